The second-order valence-corrected chi connectivity index (χ2v) is 33.8. The third-order valence-electron chi connectivity index (χ3n) is 20.2. The molecule has 16 heteroatoms. The van der Waals surface area contributed by atoms with Crippen LogP contribution in [0.3, 0.4) is 0 Å². The molecule has 2 aliphatic rings. The fraction of sp³-hybridized carbons (Fsp3) is 1.00. The van der Waals surface area contributed by atoms with Crippen LogP contribution in [0.2, 0.25) is 0 Å². The predicted molar refractivity (Wildman–Crippen MR) is 466 cm³/mol. The van der Waals surface area contributed by atoms with Crippen LogP contribution < -0.4 is 0 Å². The van der Waals surface area contributed by atoms with Gasteiger partial charge in [-0.3, -0.25) is 9.80 Å². The Bertz CT molecular complexity index is 1570. The maximum absolute atomic E-state index is 5.35. The second-order valence-electron chi connectivity index (χ2n) is 33.8. The number of unbranched alkanes of at least 4 members (excludes halogenated alkanes) is 6. The van der Waals surface area contributed by atoms with E-state index in [-0.39, 0.29) is 0 Å². The summed E-state index contributed by atoms with van der Waals surface area (Å²) >= 11 is 0. The van der Waals surface area contributed by atoms with Crippen LogP contribution in [0.25, 0.3) is 0 Å². The van der Waals surface area contributed by atoms with E-state index in [2.05, 4.69) is 278 Å². The number of nitrogens with zero attached hydrogens (tertiary/aromatic N) is 14. The minimum absolute atomic E-state index is 0.833. The van der Waals surface area contributed by atoms with E-state index >= 15 is 0 Å². The van der Waals surface area contributed by atoms with Crippen molar-refractivity contribution in [2.45, 2.75) is 232 Å². The molecule has 2 aliphatic heterocycles. The molecular formula is C87H198N14O2. The highest BCUT2D eigenvalue weighted by molar-refractivity contribution is 4.67. The lowest BCUT2D eigenvalue weighted by molar-refractivity contribution is 0.0370. The molecule has 0 N–H and O–H groups in total. The van der Waals surface area contributed by atoms with Gasteiger partial charge in [-0.05, 0) is 362 Å². The summed E-state index contributed by atoms with van der Waals surface area (Å²) in [5, 5.41) is 0. The molecule has 0 spiro atoms. The van der Waals surface area contributed by atoms with E-state index in [1.807, 2.05) is 0 Å². The first-order chi connectivity index (χ1) is 48.9. The van der Waals surface area contributed by atoms with Crippen molar-refractivity contribution >= 4 is 0 Å². The van der Waals surface area contributed by atoms with Gasteiger partial charge >= 0.3 is 0 Å². The van der Waals surface area contributed by atoms with Gasteiger partial charge in [-0.15, -0.1) is 0 Å². The highest BCUT2D eigenvalue weighted by atomic mass is 16.5. The van der Waals surface area contributed by atoms with Crippen molar-refractivity contribution in [1.82, 2.24) is 68.6 Å². The molecule has 2 fully saturated rings. The lowest BCUT2D eigenvalue weighted by atomic mass is 9.99. The SMILES string of the molecule is CC(CCCCN(C)C)CN(C)C.CC(CCCCN1CCOCC1)CN(C)C.CC(CCCN(C)C)CN(C)C.CCN(CC)CCCC(C)CCCN(C)C.CCN(CC)CCCC(C)CN(C)C.CCN(CC)CCCCC(C)CN(C)C.CCN(CC)CCCCCCN1CCOCC1. The van der Waals surface area contributed by atoms with Gasteiger partial charge in [0.15, 0.2) is 0 Å². The number of ether oxygens (including phenoxy) is 2. The van der Waals surface area contributed by atoms with Gasteiger partial charge < -0.3 is 68.3 Å². The lowest BCUT2D eigenvalue weighted by Crippen LogP contribution is -2.36. The van der Waals surface area contributed by atoms with Gasteiger partial charge in [0.2, 0.25) is 0 Å². The van der Waals surface area contributed by atoms with Crippen molar-refractivity contribution in [1.29, 1.82) is 0 Å². The minimum Gasteiger partial charge on any atom is -0.379 e. The van der Waals surface area contributed by atoms with Gasteiger partial charge in [0, 0.05) is 58.9 Å². The zero-order valence-corrected chi connectivity index (χ0v) is 76.6. The van der Waals surface area contributed by atoms with Crippen molar-refractivity contribution in [3.05, 3.63) is 0 Å². The Kier molecular flexibility index (Phi) is 87.1. The van der Waals surface area contributed by atoms with Crippen molar-refractivity contribution in [3.63, 3.8) is 0 Å². The molecule has 16 nitrogen and oxygen atoms in total. The maximum Gasteiger partial charge on any atom is 0.0594 e. The molecule has 0 aliphatic carbocycles. The number of hydrogen-bond donors (Lipinski definition) is 0. The Morgan fingerprint density at radius 1 is 0.223 bits per heavy atom. The lowest BCUT2D eigenvalue weighted by Gasteiger charge is -2.26. The monoisotopic (exact) mass is 1470 g/mol. The molecule has 0 aromatic heterocycles. The average Bonchev–Trinajstić information content (AvgIpc) is 1.12. The van der Waals surface area contributed by atoms with Crippen LogP contribution in [0.15, 0.2) is 0 Å². The number of morpholine rings is 2. The zero-order chi connectivity index (χ0) is 79.0. The van der Waals surface area contributed by atoms with Crippen molar-refractivity contribution in [2.24, 2.45) is 35.5 Å². The topological polar surface area (TPSA) is 63.8 Å². The molecule has 2 rings (SSSR count). The largest absolute Gasteiger partial charge is 0.379 e. The highest BCUT2D eigenvalue weighted by Gasteiger charge is 2.13. The summed E-state index contributed by atoms with van der Waals surface area (Å²) in [5.74, 6) is 5.09. The van der Waals surface area contributed by atoms with E-state index in [9.17, 15) is 0 Å². The van der Waals surface area contributed by atoms with Crippen LogP contribution in [0.1, 0.15) is 232 Å². The van der Waals surface area contributed by atoms with Crippen molar-refractivity contribution < 1.29 is 9.47 Å². The van der Waals surface area contributed by atoms with E-state index in [1.54, 1.807) is 0 Å². The molecule has 2 saturated heterocycles. The normalized spacial score (nSPS) is 15.6. The van der Waals surface area contributed by atoms with E-state index in [0.717, 1.165) is 88.1 Å². The summed E-state index contributed by atoms with van der Waals surface area (Å²) in [7, 11) is 34.4. The van der Waals surface area contributed by atoms with E-state index < -0.39 is 0 Å². The summed E-state index contributed by atoms with van der Waals surface area (Å²) in [6.07, 6.45) is 28.6. The number of hydrogen-bond acceptors (Lipinski definition) is 16. The van der Waals surface area contributed by atoms with Gasteiger partial charge in [0.1, 0.15) is 0 Å². The summed E-state index contributed by atoms with van der Waals surface area (Å²) < 4.78 is 10.7. The molecule has 0 bridgehead atoms. The van der Waals surface area contributed by atoms with Crippen molar-refractivity contribution in [3.8, 4) is 0 Å². The molecule has 0 radical (unpaired) electrons. The molecule has 2 heterocycles. The first-order valence-corrected chi connectivity index (χ1v) is 43.6. The van der Waals surface area contributed by atoms with Gasteiger partial charge in [-0.1, -0.05) is 129 Å². The van der Waals surface area contributed by atoms with Crippen LogP contribution in [0.5, 0.6) is 0 Å². The van der Waals surface area contributed by atoms with Crippen LogP contribution in [-0.2, 0) is 9.47 Å². The molecule has 0 amide bonds. The van der Waals surface area contributed by atoms with Crippen LogP contribution in [0.4, 0.5) is 0 Å². The molecule has 0 aromatic rings. The number of rotatable bonds is 56. The van der Waals surface area contributed by atoms with Crippen LogP contribution in [0, 0.1) is 35.5 Å². The zero-order valence-electron chi connectivity index (χ0n) is 76.6. The van der Waals surface area contributed by atoms with Gasteiger partial charge in [0.05, 0.1) is 26.4 Å². The van der Waals surface area contributed by atoms with Gasteiger partial charge in [0.25, 0.3) is 0 Å². The Balaban J connectivity index is -0.000000364. The molecule has 6 atom stereocenters. The van der Waals surface area contributed by atoms with Gasteiger partial charge in [-0.2, -0.15) is 0 Å². The minimum atomic E-state index is 0.833. The smallest absolute Gasteiger partial charge is 0.0594 e. The summed E-state index contributed by atoms with van der Waals surface area (Å²) in [6.45, 7) is 67.4. The Hall–Kier alpha value is -0.640. The third kappa shape index (κ3) is 90.1. The van der Waals surface area contributed by atoms with E-state index in [0.29, 0.717) is 0 Å². The predicted octanol–water partition coefficient (Wildman–Crippen LogP) is 15.4. The van der Waals surface area contributed by atoms with Crippen LogP contribution in [-0.4, -0.2) is 378 Å². The maximum atomic E-state index is 5.35. The second kappa shape index (κ2) is 80.9. The van der Waals surface area contributed by atoms with E-state index in [1.165, 1.54) is 279 Å². The van der Waals surface area contributed by atoms with Crippen LogP contribution >= 0.6 is 0 Å². The molecule has 0 aromatic carbocycles. The Morgan fingerprint density at radius 2 is 0.417 bits per heavy atom. The first-order valence-electron chi connectivity index (χ1n) is 43.6. The quantitative estimate of drug-likeness (QED) is 0.0543. The molecular weight excluding hydrogens is 1270 g/mol. The van der Waals surface area contributed by atoms with Crippen molar-refractivity contribution in [2.75, 3.05) is 309 Å². The van der Waals surface area contributed by atoms with E-state index in [4.69, 9.17) is 9.47 Å². The fourth-order valence-corrected chi connectivity index (χ4v) is 14.0. The summed E-state index contributed by atoms with van der Waals surface area (Å²) in [4.78, 5) is 33.3. The fourth-order valence-electron chi connectivity index (χ4n) is 14.0. The third-order valence-corrected chi connectivity index (χ3v) is 20.2. The molecule has 6 unspecified atom stereocenters. The molecule has 628 valence electrons. The van der Waals surface area contributed by atoms with Gasteiger partial charge in [-0.25, -0.2) is 0 Å². The Morgan fingerprint density at radius 3 is 0.680 bits per heavy atom. The average molecular weight is 1470 g/mol. The first kappa shape index (κ1) is 111. The highest BCUT2D eigenvalue weighted by Crippen LogP contribution is 2.16. The molecule has 0 saturated carbocycles. The summed E-state index contributed by atoms with van der Waals surface area (Å²) in [5.41, 5.74) is 0. The molecule has 103 heavy (non-hydrogen) atoms. The standard InChI is InChI=1S/C14H30N2O.C14H32N2.C13H28N2O.C13H30N2.C12H28N2.C11H26N2.C10H24N2/c1-3-15(4-2)9-7-5-6-8-10-16-11-13-17-14-12-16;1-6-16(7-2)13-9-11-14(3)10-8-12-15(4)5;1-13(12-14(2)3)6-4-5-7-15-8-10-16-11-9-15;1-6-15(7-2)11-9-8-10-13(3)12-14(4)5;1-6-14(7-2)10-8-9-12(3)11-13(4)5;1-11(10-13(4)5)8-6-7-9-12(2)3;1-10(9-12(4)5)7-6-8-11(2)3/h3-14H2,1-2H3;14H,6-13H2,1-5H3;13H,4-12H2,1-3H3;13H,6-12H2,1-5H3;12H,6-11H2,1-5H3;11H,6-10H2,1-5H3;10H,6-9H2,1-5H3. The summed E-state index contributed by atoms with van der Waals surface area (Å²) in [6, 6.07) is 0. The Labute approximate surface area is 651 Å².